The second kappa shape index (κ2) is 4.97. The van der Waals surface area contributed by atoms with Crippen molar-refractivity contribution in [2.45, 2.75) is 17.5 Å². The predicted molar refractivity (Wildman–Crippen MR) is 75.8 cm³/mol. The van der Waals surface area contributed by atoms with E-state index < -0.39 is 0 Å². The lowest BCUT2D eigenvalue weighted by atomic mass is 10.2. The van der Waals surface area contributed by atoms with Crippen molar-refractivity contribution in [2.24, 2.45) is 0 Å². The number of benzene rings is 1. The number of rotatable bonds is 3. The molecule has 0 radical (unpaired) electrons. The van der Waals surface area contributed by atoms with Crippen molar-refractivity contribution in [3.8, 4) is 17.1 Å². The molecule has 1 aromatic heterocycles. The fourth-order valence-corrected chi connectivity index (χ4v) is 2.87. The van der Waals surface area contributed by atoms with E-state index in [1.807, 2.05) is 41.9 Å². The summed E-state index contributed by atoms with van der Waals surface area (Å²) in [6.07, 6.45) is 4.12. The smallest absolute Gasteiger partial charge is 0.212 e. The summed E-state index contributed by atoms with van der Waals surface area (Å²) in [6, 6.07) is 7.79. The van der Waals surface area contributed by atoms with Gasteiger partial charge >= 0.3 is 0 Å². The molecule has 2 aromatic rings. The molecule has 1 aromatic carbocycles. The first-order chi connectivity index (χ1) is 9.31. The maximum Gasteiger partial charge on any atom is 0.212 e. The highest BCUT2D eigenvalue weighted by Crippen LogP contribution is 2.32. The average molecular weight is 274 g/mol. The Balaban J connectivity index is 1.91. The van der Waals surface area contributed by atoms with Gasteiger partial charge in [-0.05, 0) is 31.2 Å². The molecule has 6 heteroatoms. The molecule has 0 aliphatic carbocycles. The van der Waals surface area contributed by atoms with Crippen LogP contribution in [0.3, 0.4) is 0 Å². The summed E-state index contributed by atoms with van der Waals surface area (Å²) < 4.78 is 7.08. The summed E-state index contributed by atoms with van der Waals surface area (Å²) >= 11 is 1.65. The van der Waals surface area contributed by atoms with Crippen LogP contribution in [0.1, 0.15) is 6.92 Å². The highest BCUT2D eigenvalue weighted by atomic mass is 32.2. The molecule has 1 atom stereocenters. The summed E-state index contributed by atoms with van der Waals surface area (Å²) in [5, 5.41) is 9.52. The van der Waals surface area contributed by atoms with E-state index in [1.54, 1.807) is 18.9 Å². The van der Waals surface area contributed by atoms with Gasteiger partial charge in [-0.1, -0.05) is 23.9 Å². The summed E-state index contributed by atoms with van der Waals surface area (Å²) in [5.41, 5.74) is 4.36. The van der Waals surface area contributed by atoms with Gasteiger partial charge in [0, 0.05) is 5.56 Å². The van der Waals surface area contributed by atoms with Gasteiger partial charge in [0.25, 0.3) is 0 Å². The highest BCUT2D eigenvalue weighted by Gasteiger charge is 2.24. The zero-order valence-electron chi connectivity index (χ0n) is 10.7. The van der Waals surface area contributed by atoms with Crippen LogP contribution < -0.4 is 10.2 Å². The summed E-state index contributed by atoms with van der Waals surface area (Å²) in [5.74, 6) is 1.65. The number of thioether (sulfide) groups is 1. The Hall–Kier alpha value is -1.95. The fraction of sp³-hybridized carbons (Fsp3) is 0.231. The van der Waals surface area contributed by atoms with E-state index >= 15 is 0 Å². The summed E-state index contributed by atoms with van der Waals surface area (Å²) in [7, 11) is 1.66. The Labute approximate surface area is 115 Å². The van der Waals surface area contributed by atoms with Gasteiger partial charge in [0.05, 0.1) is 7.11 Å². The molecule has 1 aliphatic rings. The minimum atomic E-state index is 0.215. The number of nitrogens with one attached hydrogen (secondary N) is 1. The molecular weight excluding hydrogens is 260 g/mol. The molecule has 0 saturated heterocycles. The van der Waals surface area contributed by atoms with Crippen LogP contribution >= 0.6 is 11.8 Å². The first-order valence-corrected chi connectivity index (χ1v) is 6.85. The Morgan fingerprint density at radius 1 is 1.32 bits per heavy atom. The van der Waals surface area contributed by atoms with Gasteiger partial charge in [0.15, 0.2) is 5.82 Å². The van der Waals surface area contributed by atoms with Crippen LogP contribution in [0.15, 0.2) is 41.6 Å². The normalized spacial score (nSPS) is 17.5. The van der Waals surface area contributed by atoms with Crippen molar-refractivity contribution in [3.63, 3.8) is 0 Å². The number of fused-ring (bicyclic) bond motifs is 1. The summed E-state index contributed by atoms with van der Waals surface area (Å²) in [4.78, 5) is 0. The molecule has 5 nitrogen and oxygen atoms in total. The molecule has 0 unspecified atom stereocenters. The predicted octanol–water partition coefficient (Wildman–Crippen LogP) is 2.51. The number of methoxy groups -OCH3 is 1. The largest absolute Gasteiger partial charge is 0.497 e. The van der Waals surface area contributed by atoms with Gasteiger partial charge in [-0.15, -0.1) is 10.2 Å². The zero-order valence-corrected chi connectivity index (χ0v) is 11.5. The van der Waals surface area contributed by atoms with E-state index in [9.17, 15) is 0 Å². The maximum absolute atomic E-state index is 5.16. The Bertz CT molecular complexity index is 606. The van der Waals surface area contributed by atoms with Crippen LogP contribution in [0.25, 0.3) is 11.4 Å². The first-order valence-electron chi connectivity index (χ1n) is 5.97. The molecule has 0 spiro atoms. The quantitative estimate of drug-likeness (QED) is 0.872. The third-order valence-electron chi connectivity index (χ3n) is 2.84. The van der Waals surface area contributed by atoms with E-state index in [0.717, 1.165) is 22.3 Å². The van der Waals surface area contributed by atoms with E-state index in [1.165, 1.54) is 0 Å². The van der Waals surface area contributed by atoms with Crippen LogP contribution in [0.2, 0.25) is 0 Å². The van der Waals surface area contributed by atoms with Gasteiger partial charge < -0.3 is 10.2 Å². The monoisotopic (exact) mass is 274 g/mol. The Morgan fingerprint density at radius 3 is 2.79 bits per heavy atom. The van der Waals surface area contributed by atoms with Crippen LogP contribution in [0.4, 0.5) is 0 Å². The lowest BCUT2D eigenvalue weighted by Gasteiger charge is -2.08. The number of allylic oxidation sites excluding steroid dienone is 1. The number of hydrogen-bond acceptors (Lipinski definition) is 5. The first kappa shape index (κ1) is 12.1. The average Bonchev–Trinajstić information content (AvgIpc) is 2.99. The molecular formula is C13H14N4OS. The molecule has 1 N–H and O–H groups in total. The van der Waals surface area contributed by atoms with Crippen LogP contribution in [-0.4, -0.2) is 27.4 Å². The molecule has 19 heavy (non-hydrogen) atoms. The van der Waals surface area contributed by atoms with Crippen LogP contribution in [0, 0.1) is 0 Å². The van der Waals surface area contributed by atoms with E-state index in [0.29, 0.717) is 0 Å². The SMILES string of the molecule is CC=C[C@H]1Nn2c(nnc2-c2ccc(OC)cc2)S1. The standard InChI is InChI=1S/C13H14N4OS/c1-3-4-11-16-17-12(14-15-13(17)19-11)9-5-7-10(18-2)8-6-9/h3-8,11,16H,1-2H3/t11-/m0/s1. The van der Waals surface area contributed by atoms with E-state index in [-0.39, 0.29) is 5.37 Å². The number of aromatic nitrogens is 3. The van der Waals surface area contributed by atoms with Crippen LogP contribution in [-0.2, 0) is 0 Å². The Kier molecular flexibility index (Phi) is 3.16. The van der Waals surface area contributed by atoms with Crippen molar-refractivity contribution < 1.29 is 4.74 Å². The fourth-order valence-electron chi connectivity index (χ4n) is 1.91. The molecule has 0 amide bonds. The zero-order chi connectivity index (χ0) is 13.2. The van der Waals surface area contributed by atoms with Gasteiger partial charge in [0.2, 0.25) is 5.16 Å². The molecule has 0 bridgehead atoms. The maximum atomic E-state index is 5.16. The van der Waals surface area contributed by atoms with Gasteiger partial charge in [0.1, 0.15) is 11.1 Å². The van der Waals surface area contributed by atoms with Crippen molar-refractivity contribution in [3.05, 3.63) is 36.4 Å². The number of hydrogen-bond donors (Lipinski definition) is 1. The van der Waals surface area contributed by atoms with Crippen molar-refractivity contribution in [2.75, 3.05) is 12.5 Å². The highest BCUT2D eigenvalue weighted by molar-refractivity contribution is 8.00. The van der Waals surface area contributed by atoms with E-state index in [2.05, 4.69) is 21.7 Å². The summed E-state index contributed by atoms with van der Waals surface area (Å²) in [6.45, 7) is 2.01. The van der Waals surface area contributed by atoms with Crippen molar-refractivity contribution >= 4 is 11.8 Å². The minimum Gasteiger partial charge on any atom is -0.497 e. The lowest BCUT2D eigenvalue weighted by molar-refractivity contribution is 0.415. The number of nitrogens with zero attached hydrogens (tertiary/aromatic N) is 3. The van der Waals surface area contributed by atoms with Crippen LogP contribution in [0.5, 0.6) is 5.75 Å². The van der Waals surface area contributed by atoms with Gasteiger partial charge in [-0.2, -0.15) is 0 Å². The lowest BCUT2D eigenvalue weighted by Crippen LogP contribution is -2.17. The van der Waals surface area contributed by atoms with Crippen molar-refractivity contribution in [1.82, 2.24) is 14.9 Å². The van der Waals surface area contributed by atoms with Gasteiger partial charge in [-0.25, -0.2) is 4.68 Å². The minimum absolute atomic E-state index is 0.215. The third kappa shape index (κ3) is 2.19. The Morgan fingerprint density at radius 2 is 2.11 bits per heavy atom. The van der Waals surface area contributed by atoms with Crippen molar-refractivity contribution in [1.29, 1.82) is 0 Å². The molecule has 0 saturated carbocycles. The number of ether oxygens (including phenoxy) is 1. The molecule has 3 rings (SSSR count). The van der Waals surface area contributed by atoms with Gasteiger partial charge in [-0.3, -0.25) is 0 Å². The topological polar surface area (TPSA) is 52.0 Å². The molecule has 1 aliphatic heterocycles. The van der Waals surface area contributed by atoms with E-state index in [4.69, 9.17) is 4.74 Å². The molecule has 98 valence electrons. The second-order valence-corrected chi connectivity index (χ2v) is 5.17. The molecule has 0 fully saturated rings. The third-order valence-corrected chi connectivity index (χ3v) is 3.83. The molecule has 2 heterocycles. The second-order valence-electron chi connectivity index (χ2n) is 4.06.